The van der Waals surface area contributed by atoms with Crippen LogP contribution < -0.4 is 0 Å². The fourth-order valence-corrected chi connectivity index (χ4v) is 3.02. The Morgan fingerprint density at radius 3 is 0.724 bits per heavy atom. The van der Waals surface area contributed by atoms with Gasteiger partial charge in [-0.05, 0) is 51.6 Å². The maximum absolute atomic E-state index is 2.27. The van der Waals surface area contributed by atoms with Crippen LogP contribution in [-0.4, -0.2) is 0 Å². The standard InChI is InChI=1S/C24H18.C2H6.3CH4/c1-4-10-19(11-5-1)22-16-23(20-12-6-2-7-13-20)18-24(17-22)21-14-8-3-9-15-21;1-2;;;/h1-18H;1-2H3;3*1H4. The van der Waals surface area contributed by atoms with Crippen molar-refractivity contribution < 1.29 is 0 Å². The van der Waals surface area contributed by atoms with Gasteiger partial charge < -0.3 is 0 Å². The average molecular weight is 385 g/mol. The topological polar surface area (TPSA) is 0 Å². The number of benzene rings is 4. The summed E-state index contributed by atoms with van der Waals surface area (Å²) in [7, 11) is 0. The molecule has 0 N–H and O–H groups in total. The van der Waals surface area contributed by atoms with Gasteiger partial charge in [0.25, 0.3) is 0 Å². The van der Waals surface area contributed by atoms with Crippen molar-refractivity contribution in [3.8, 4) is 33.4 Å². The van der Waals surface area contributed by atoms with E-state index in [9.17, 15) is 0 Å². The van der Waals surface area contributed by atoms with Gasteiger partial charge in [0.1, 0.15) is 0 Å². The van der Waals surface area contributed by atoms with Crippen LogP contribution in [0.3, 0.4) is 0 Å². The first-order chi connectivity index (χ1) is 12.9. The summed E-state index contributed by atoms with van der Waals surface area (Å²) < 4.78 is 0. The summed E-state index contributed by atoms with van der Waals surface area (Å²) in [6, 6.07) is 38.5. The summed E-state index contributed by atoms with van der Waals surface area (Å²) in [6.07, 6.45) is 0. The lowest BCUT2D eigenvalue weighted by molar-refractivity contribution is 1.50. The van der Waals surface area contributed by atoms with E-state index in [-0.39, 0.29) is 22.3 Å². The third kappa shape index (κ3) is 6.47. The Bertz CT molecular complexity index is 784. The molecule has 0 bridgehead atoms. The van der Waals surface area contributed by atoms with Crippen molar-refractivity contribution in [3.63, 3.8) is 0 Å². The van der Waals surface area contributed by atoms with Crippen LogP contribution in [0, 0.1) is 0 Å². The van der Waals surface area contributed by atoms with Crippen molar-refractivity contribution in [3.05, 3.63) is 109 Å². The molecule has 0 saturated heterocycles. The molecule has 0 atom stereocenters. The normalized spacial score (nSPS) is 8.90. The van der Waals surface area contributed by atoms with E-state index in [1.807, 2.05) is 13.8 Å². The van der Waals surface area contributed by atoms with Gasteiger partial charge in [0.05, 0.1) is 0 Å². The Hall–Kier alpha value is -3.12. The monoisotopic (exact) mass is 384 g/mol. The Kier molecular flexibility index (Phi) is 11.7. The molecular formula is C29H36. The third-order valence-corrected chi connectivity index (χ3v) is 4.25. The highest BCUT2D eigenvalue weighted by molar-refractivity contribution is 5.81. The van der Waals surface area contributed by atoms with Crippen LogP contribution in [0.25, 0.3) is 33.4 Å². The van der Waals surface area contributed by atoms with Gasteiger partial charge in [0.2, 0.25) is 0 Å². The minimum atomic E-state index is 0. The van der Waals surface area contributed by atoms with Gasteiger partial charge in [0, 0.05) is 0 Å². The molecule has 152 valence electrons. The lowest BCUT2D eigenvalue weighted by Gasteiger charge is -2.11. The molecule has 0 saturated carbocycles. The number of rotatable bonds is 3. The highest BCUT2D eigenvalue weighted by Crippen LogP contribution is 2.32. The van der Waals surface area contributed by atoms with E-state index < -0.39 is 0 Å². The molecule has 4 aromatic carbocycles. The molecule has 0 aliphatic rings. The first-order valence-corrected chi connectivity index (χ1v) is 9.21. The van der Waals surface area contributed by atoms with Crippen LogP contribution >= 0.6 is 0 Å². The summed E-state index contributed by atoms with van der Waals surface area (Å²) >= 11 is 0. The molecule has 29 heavy (non-hydrogen) atoms. The van der Waals surface area contributed by atoms with Crippen molar-refractivity contribution in [1.82, 2.24) is 0 Å². The largest absolute Gasteiger partial charge is 0.0776 e. The van der Waals surface area contributed by atoms with Gasteiger partial charge in [-0.15, -0.1) is 0 Å². The highest BCUT2D eigenvalue weighted by Gasteiger charge is 2.06. The zero-order valence-corrected chi connectivity index (χ0v) is 15.4. The van der Waals surface area contributed by atoms with Crippen molar-refractivity contribution in [2.75, 3.05) is 0 Å². The van der Waals surface area contributed by atoms with Gasteiger partial charge in [0.15, 0.2) is 0 Å². The average Bonchev–Trinajstić information content (AvgIpc) is 2.77. The maximum Gasteiger partial charge on any atom is -0.0172 e. The van der Waals surface area contributed by atoms with E-state index in [0.717, 1.165) is 0 Å². The molecule has 0 heterocycles. The molecule has 0 nitrogen and oxygen atoms in total. The van der Waals surface area contributed by atoms with E-state index in [0.29, 0.717) is 0 Å². The van der Waals surface area contributed by atoms with Crippen LogP contribution in [-0.2, 0) is 0 Å². The number of hydrogen-bond acceptors (Lipinski definition) is 0. The van der Waals surface area contributed by atoms with Crippen LogP contribution in [0.15, 0.2) is 109 Å². The predicted molar refractivity (Wildman–Crippen MR) is 134 cm³/mol. The number of hydrogen-bond donors (Lipinski definition) is 0. The molecule has 0 fully saturated rings. The molecule has 0 radical (unpaired) electrons. The minimum absolute atomic E-state index is 0. The summed E-state index contributed by atoms with van der Waals surface area (Å²) in [4.78, 5) is 0. The first kappa shape index (κ1) is 25.9. The second-order valence-electron chi connectivity index (χ2n) is 5.90. The van der Waals surface area contributed by atoms with Gasteiger partial charge in [-0.1, -0.05) is 127 Å². The van der Waals surface area contributed by atoms with Gasteiger partial charge in [-0.3, -0.25) is 0 Å². The van der Waals surface area contributed by atoms with Crippen molar-refractivity contribution >= 4 is 0 Å². The lowest BCUT2D eigenvalue weighted by atomic mass is 9.93. The molecule has 0 aliphatic carbocycles. The maximum atomic E-state index is 2.27. The van der Waals surface area contributed by atoms with Crippen LogP contribution in [0.2, 0.25) is 0 Å². The molecule has 0 amide bonds. The second kappa shape index (κ2) is 13.1. The zero-order chi connectivity index (χ0) is 18.2. The molecule has 0 heteroatoms. The van der Waals surface area contributed by atoms with E-state index in [1.54, 1.807) is 0 Å². The lowest BCUT2D eigenvalue weighted by Crippen LogP contribution is -1.85. The Morgan fingerprint density at radius 1 is 0.310 bits per heavy atom. The fraction of sp³-hybridized carbons (Fsp3) is 0.172. The third-order valence-electron chi connectivity index (χ3n) is 4.25. The molecular weight excluding hydrogens is 348 g/mol. The van der Waals surface area contributed by atoms with Crippen LogP contribution in [0.4, 0.5) is 0 Å². The fourth-order valence-electron chi connectivity index (χ4n) is 3.02. The van der Waals surface area contributed by atoms with E-state index in [2.05, 4.69) is 109 Å². The van der Waals surface area contributed by atoms with Crippen molar-refractivity contribution in [1.29, 1.82) is 0 Å². The summed E-state index contributed by atoms with van der Waals surface area (Å²) in [5.41, 5.74) is 7.47. The van der Waals surface area contributed by atoms with Crippen LogP contribution in [0.1, 0.15) is 36.1 Å². The molecule has 0 aromatic heterocycles. The first-order valence-electron chi connectivity index (χ1n) is 9.21. The molecule has 4 rings (SSSR count). The molecule has 4 aromatic rings. The smallest absolute Gasteiger partial charge is 0.0172 e. The quantitative estimate of drug-likeness (QED) is 0.330. The molecule has 0 unspecified atom stereocenters. The van der Waals surface area contributed by atoms with E-state index >= 15 is 0 Å². The summed E-state index contributed by atoms with van der Waals surface area (Å²) in [5, 5.41) is 0. The Labute approximate surface area is 178 Å². The zero-order valence-electron chi connectivity index (χ0n) is 15.4. The minimum Gasteiger partial charge on any atom is -0.0776 e. The summed E-state index contributed by atoms with van der Waals surface area (Å²) in [5.74, 6) is 0. The summed E-state index contributed by atoms with van der Waals surface area (Å²) in [6.45, 7) is 4.00. The Balaban J connectivity index is 0.00000152. The van der Waals surface area contributed by atoms with E-state index in [4.69, 9.17) is 0 Å². The molecule has 0 aliphatic heterocycles. The van der Waals surface area contributed by atoms with Crippen molar-refractivity contribution in [2.45, 2.75) is 36.1 Å². The predicted octanol–water partition coefficient (Wildman–Crippen LogP) is 9.62. The van der Waals surface area contributed by atoms with Gasteiger partial charge >= 0.3 is 0 Å². The van der Waals surface area contributed by atoms with Gasteiger partial charge in [-0.25, -0.2) is 0 Å². The van der Waals surface area contributed by atoms with Crippen LogP contribution in [0.5, 0.6) is 0 Å². The second-order valence-corrected chi connectivity index (χ2v) is 5.90. The Morgan fingerprint density at radius 2 is 0.517 bits per heavy atom. The van der Waals surface area contributed by atoms with Gasteiger partial charge in [-0.2, -0.15) is 0 Å². The van der Waals surface area contributed by atoms with E-state index in [1.165, 1.54) is 33.4 Å². The van der Waals surface area contributed by atoms with Crippen molar-refractivity contribution in [2.24, 2.45) is 0 Å². The highest BCUT2D eigenvalue weighted by atomic mass is 14.1. The SMILES string of the molecule is C.C.C.CC.c1ccc(-c2cc(-c3ccccc3)cc(-c3ccccc3)c2)cc1. The molecule has 0 spiro atoms.